The molecule has 3 rings (SSSR count). The molecule has 3 nitrogen and oxygen atoms in total. The summed E-state index contributed by atoms with van der Waals surface area (Å²) in [6, 6.07) is 12.4. The predicted octanol–water partition coefficient (Wildman–Crippen LogP) is 3.68. The molecular formula is C16H14BrN3. The summed E-state index contributed by atoms with van der Waals surface area (Å²) in [6.07, 6.45) is 8.34. The van der Waals surface area contributed by atoms with Gasteiger partial charge in [0.25, 0.3) is 0 Å². The van der Waals surface area contributed by atoms with Gasteiger partial charge in [0.1, 0.15) is 5.82 Å². The zero-order valence-corrected chi connectivity index (χ0v) is 12.5. The number of pyridine rings is 1. The SMILES string of the molecule is Brc1cccc(Cn2ccnc2Cc2ccncc2)c1. The van der Waals surface area contributed by atoms with Crippen LogP contribution in [0.15, 0.2) is 65.7 Å². The Morgan fingerprint density at radius 2 is 1.85 bits per heavy atom. The van der Waals surface area contributed by atoms with Crippen LogP contribution in [0.4, 0.5) is 0 Å². The number of imidazole rings is 1. The summed E-state index contributed by atoms with van der Waals surface area (Å²) in [6.45, 7) is 0.833. The quantitative estimate of drug-likeness (QED) is 0.731. The molecule has 2 aromatic heterocycles. The van der Waals surface area contributed by atoms with E-state index in [2.05, 4.69) is 48.7 Å². The molecular weight excluding hydrogens is 314 g/mol. The lowest BCUT2D eigenvalue weighted by Gasteiger charge is -2.08. The molecule has 20 heavy (non-hydrogen) atoms. The summed E-state index contributed by atoms with van der Waals surface area (Å²) >= 11 is 3.51. The van der Waals surface area contributed by atoms with Crippen molar-refractivity contribution >= 4 is 15.9 Å². The average molecular weight is 328 g/mol. The Hall–Kier alpha value is -1.94. The number of halogens is 1. The van der Waals surface area contributed by atoms with Crippen LogP contribution in [0.2, 0.25) is 0 Å². The fourth-order valence-corrected chi connectivity index (χ4v) is 2.61. The first-order valence-electron chi connectivity index (χ1n) is 6.44. The summed E-state index contributed by atoms with van der Waals surface area (Å²) in [4.78, 5) is 8.50. The highest BCUT2D eigenvalue weighted by Gasteiger charge is 2.05. The maximum Gasteiger partial charge on any atom is 0.113 e. The summed E-state index contributed by atoms with van der Waals surface area (Å²) in [5, 5.41) is 0. The average Bonchev–Trinajstić information content (AvgIpc) is 2.87. The maximum atomic E-state index is 4.46. The molecule has 0 N–H and O–H groups in total. The third-order valence-electron chi connectivity index (χ3n) is 3.16. The van der Waals surface area contributed by atoms with Gasteiger partial charge < -0.3 is 4.57 Å². The normalized spacial score (nSPS) is 10.7. The van der Waals surface area contributed by atoms with Gasteiger partial charge in [0, 0.05) is 42.2 Å². The van der Waals surface area contributed by atoms with E-state index in [1.807, 2.05) is 43.0 Å². The van der Waals surface area contributed by atoms with Gasteiger partial charge in [-0.1, -0.05) is 28.1 Å². The van der Waals surface area contributed by atoms with E-state index in [-0.39, 0.29) is 0 Å². The first-order valence-corrected chi connectivity index (χ1v) is 7.24. The van der Waals surface area contributed by atoms with E-state index in [1.165, 1.54) is 11.1 Å². The van der Waals surface area contributed by atoms with Crippen molar-refractivity contribution < 1.29 is 0 Å². The Bertz CT molecular complexity index is 692. The minimum atomic E-state index is 0.823. The molecule has 0 fully saturated rings. The molecule has 0 atom stereocenters. The Kier molecular flexibility index (Phi) is 3.92. The Balaban J connectivity index is 1.80. The van der Waals surface area contributed by atoms with Crippen molar-refractivity contribution in [2.45, 2.75) is 13.0 Å². The highest BCUT2D eigenvalue weighted by atomic mass is 79.9. The fraction of sp³-hybridized carbons (Fsp3) is 0.125. The lowest BCUT2D eigenvalue weighted by Crippen LogP contribution is -2.05. The van der Waals surface area contributed by atoms with Crippen molar-refractivity contribution in [1.29, 1.82) is 0 Å². The van der Waals surface area contributed by atoms with Crippen molar-refractivity contribution in [1.82, 2.24) is 14.5 Å². The molecule has 0 unspecified atom stereocenters. The second-order valence-electron chi connectivity index (χ2n) is 4.63. The molecule has 0 aliphatic rings. The van der Waals surface area contributed by atoms with Gasteiger partial charge in [-0.15, -0.1) is 0 Å². The zero-order valence-electron chi connectivity index (χ0n) is 10.9. The smallest absolute Gasteiger partial charge is 0.113 e. The van der Waals surface area contributed by atoms with Gasteiger partial charge in [0.2, 0.25) is 0 Å². The van der Waals surface area contributed by atoms with Crippen LogP contribution in [0.3, 0.4) is 0 Å². The third-order valence-corrected chi connectivity index (χ3v) is 3.65. The van der Waals surface area contributed by atoms with Crippen LogP contribution in [0.5, 0.6) is 0 Å². The van der Waals surface area contributed by atoms with Crippen LogP contribution in [0, 0.1) is 0 Å². The number of rotatable bonds is 4. The largest absolute Gasteiger partial charge is 0.330 e. The number of nitrogens with zero attached hydrogens (tertiary/aromatic N) is 3. The monoisotopic (exact) mass is 327 g/mol. The topological polar surface area (TPSA) is 30.7 Å². The second-order valence-corrected chi connectivity index (χ2v) is 5.55. The molecule has 1 aromatic carbocycles. The predicted molar refractivity (Wildman–Crippen MR) is 82.5 cm³/mol. The Labute approximate surface area is 126 Å². The van der Waals surface area contributed by atoms with Crippen LogP contribution in [-0.4, -0.2) is 14.5 Å². The molecule has 0 bridgehead atoms. The van der Waals surface area contributed by atoms with Crippen LogP contribution < -0.4 is 0 Å². The molecule has 100 valence electrons. The van der Waals surface area contributed by atoms with Gasteiger partial charge in [-0.3, -0.25) is 4.98 Å². The summed E-state index contributed by atoms with van der Waals surface area (Å²) in [5.74, 6) is 1.07. The lowest BCUT2D eigenvalue weighted by molar-refractivity contribution is 0.740. The molecule has 0 saturated heterocycles. The van der Waals surface area contributed by atoms with E-state index >= 15 is 0 Å². The van der Waals surface area contributed by atoms with E-state index < -0.39 is 0 Å². The highest BCUT2D eigenvalue weighted by molar-refractivity contribution is 9.10. The minimum absolute atomic E-state index is 0.823. The summed E-state index contributed by atoms with van der Waals surface area (Å²) in [7, 11) is 0. The number of aromatic nitrogens is 3. The van der Waals surface area contributed by atoms with Gasteiger partial charge >= 0.3 is 0 Å². The zero-order chi connectivity index (χ0) is 13.8. The van der Waals surface area contributed by atoms with Crippen LogP contribution in [0.25, 0.3) is 0 Å². The van der Waals surface area contributed by atoms with Crippen molar-refractivity contribution in [2.75, 3.05) is 0 Å². The van der Waals surface area contributed by atoms with Gasteiger partial charge in [-0.2, -0.15) is 0 Å². The summed E-state index contributed by atoms with van der Waals surface area (Å²) < 4.78 is 3.29. The van der Waals surface area contributed by atoms with Gasteiger partial charge in [0.15, 0.2) is 0 Å². The van der Waals surface area contributed by atoms with Crippen molar-refractivity contribution in [2.24, 2.45) is 0 Å². The molecule has 3 aromatic rings. The molecule has 0 aliphatic carbocycles. The van der Waals surface area contributed by atoms with Crippen LogP contribution in [-0.2, 0) is 13.0 Å². The van der Waals surface area contributed by atoms with Crippen LogP contribution in [0.1, 0.15) is 17.0 Å². The van der Waals surface area contributed by atoms with Crippen LogP contribution >= 0.6 is 15.9 Å². The molecule has 2 heterocycles. The van der Waals surface area contributed by atoms with Gasteiger partial charge in [-0.25, -0.2) is 4.98 Å². The first kappa shape index (κ1) is 13.1. The standard InChI is InChI=1S/C16H14BrN3/c17-15-3-1-2-14(10-15)12-20-9-8-19-16(20)11-13-4-6-18-7-5-13/h1-10H,11-12H2. The molecule has 0 spiro atoms. The van der Waals surface area contributed by atoms with Crippen molar-refractivity contribution in [3.8, 4) is 0 Å². The maximum absolute atomic E-state index is 4.46. The number of benzene rings is 1. The highest BCUT2D eigenvalue weighted by Crippen LogP contribution is 2.14. The number of hydrogen-bond acceptors (Lipinski definition) is 2. The molecule has 0 saturated carbocycles. The summed E-state index contributed by atoms with van der Waals surface area (Å²) in [5.41, 5.74) is 2.48. The Morgan fingerprint density at radius 1 is 1.00 bits per heavy atom. The van der Waals surface area contributed by atoms with E-state index in [4.69, 9.17) is 0 Å². The minimum Gasteiger partial charge on any atom is -0.330 e. The van der Waals surface area contributed by atoms with E-state index in [0.717, 1.165) is 23.3 Å². The first-order chi connectivity index (χ1) is 9.81. The van der Waals surface area contributed by atoms with Crippen molar-refractivity contribution in [3.05, 3.63) is 82.6 Å². The lowest BCUT2D eigenvalue weighted by atomic mass is 10.2. The molecule has 0 radical (unpaired) electrons. The molecule has 0 aliphatic heterocycles. The number of hydrogen-bond donors (Lipinski definition) is 0. The van der Waals surface area contributed by atoms with E-state index in [9.17, 15) is 0 Å². The molecule has 4 heteroatoms. The van der Waals surface area contributed by atoms with Gasteiger partial charge in [0.05, 0.1) is 0 Å². The third kappa shape index (κ3) is 3.14. The van der Waals surface area contributed by atoms with Gasteiger partial charge in [-0.05, 0) is 35.4 Å². The second kappa shape index (κ2) is 6.01. The van der Waals surface area contributed by atoms with E-state index in [1.54, 1.807) is 0 Å². The Morgan fingerprint density at radius 3 is 2.65 bits per heavy atom. The molecule has 0 amide bonds. The fourth-order valence-electron chi connectivity index (χ4n) is 2.17. The van der Waals surface area contributed by atoms with E-state index in [0.29, 0.717) is 0 Å². The van der Waals surface area contributed by atoms with Crippen molar-refractivity contribution in [3.63, 3.8) is 0 Å².